The van der Waals surface area contributed by atoms with Crippen LogP contribution in [0.5, 0.6) is 0 Å². The molecule has 1 aliphatic heterocycles. The number of hydrogen-bond donors (Lipinski definition) is 1. The van der Waals surface area contributed by atoms with E-state index in [1.807, 2.05) is 0 Å². The Balaban J connectivity index is 1.74. The van der Waals surface area contributed by atoms with Crippen molar-refractivity contribution in [2.45, 2.75) is 12.3 Å². The molecular weight excluding hydrogens is 172 g/mol. The maximum Gasteiger partial charge on any atom is 0.100 e. The molecule has 2 nitrogen and oxygen atoms in total. The zero-order valence-electron chi connectivity index (χ0n) is 8.11. The largest absolute Gasteiger partial charge is 0.372 e. The molecule has 14 heavy (non-hydrogen) atoms. The minimum Gasteiger partial charge on any atom is -0.372 e. The zero-order valence-corrected chi connectivity index (χ0v) is 8.11. The summed E-state index contributed by atoms with van der Waals surface area (Å²) in [7, 11) is 0. The summed E-state index contributed by atoms with van der Waals surface area (Å²) in [5, 5.41) is 3.37. The van der Waals surface area contributed by atoms with Crippen molar-refractivity contribution in [3.63, 3.8) is 0 Å². The summed E-state index contributed by atoms with van der Waals surface area (Å²) in [6, 6.07) is 10.8. The lowest BCUT2D eigenvalue weighted by molar-refractivity contribution is 0.933. The van der Waals surface area contributed by atoms with E-state index >= 15 is 0 Å². The van der Waals surface area contributed by atoms with Crippen LogP contribution in [0.15, 0.2) is 35.3 Å². The van der Waals surface area contributed by atoms with Crippen molar-refractivity contribution in [1.82, 2.24) is 5.32 Å². The van der Waals surface area contributed by atoms with E-state index in [9.17, 15) is 0 Å². The first-order chi connectivity index (χ1) is 6.95. The van der Waals surface area contributed by atoms with Gasteiger partial charge in [-0.2, -0.15) is 0 Å². The summed E-state index contributed by atoms with van der Waals surface area (Å²) in [5.41, 5.74) is 1.47. The van der Waals surface area contributed by atoms with Crippen molar-refractivity contribution >= 4 is 5.84 Å². The Morgan fingerprint density at radius 3 is 2.71 bits per heavy atom. The predicted molar refractivity (Wildman–Crippen MR) is 57.6 cm³/mol. The molecule has 2 heteroatoms. The zero-order chi connectivity index (χ0) is 9.38. The standard InChI is InChI=1S/C12H14N2/c1-2-4-9(5-3-1)10-8-11(10)12-13-6-7-14-12/h1-5,10-11H,6-8H2,(H,13,14)/t10-,11+/m0/s1. The summed E-state index contributed by atoms with van der Waals surface area (Å²) >= 11 is 0. The fraction of sp³-hybridized carbons (Fsp3) is 0.417. The number of nitrogens with one attached hydrogen (secondary N) is 1. The van der Waals surface area contributed by atoms with Gasteiger partial charge in [0.25, 0.3) is 0 Å². The molecular formula is C12H14N2. The van der Waals surface area contributed by atoms with Gasteiger partial charge in [0.1, 0.15) is 5.84 Å². The van der Waals surface area contributed by atoms with Crippen molar-refractivity contribution in [1.29, 1.82) is 0 Å². The number of hydrogen-bond acceptors (Lipinski definition) is 2. The molecule has 1 fully saturated rings. The highest BCUT2D eigenvalue weighted by Crippen LogP contribution is 2.48. The lowest BCUT2D eigenvalue weighted by Gasteiger charge is -2.01. The maximum atomic E-state index is 4.48. The van der Waals surface area contributed by atoms with Gasteiger partial charge in [0.2, 0.25) is 0 Å². The number of aliphatic imine (C=N–C) groups is 1. The molecule has 1 aromatic rings. The van der Waals surface area contributed by atoms with E-state index in [1.54, 1.807) is 0 Å². The second-order valence-electron chi connectivity index (χ2n) is 4.05. The van der Waals surface area contributed by atoms with Crippen LogP contribution >= 0.6 is 0 Å². The molecule has 1 saturated carbocycles. The molecule has 2 atom stereocenters. The van der Waals surface area contributed by atoms with Gasteiger partial charge in [0.15, 0.2) is 0 Å². The monoisotopic (exact) mass is 186 g/mol. The fourth-order valence-corrected chi connectivity index (χ4v) is 2.23. The highest BCUT2D eigenvalue weighted by molar-refractivity contribution is 5.89. The second kappa shape index (κ2) is 3.12. The molecule has 3 rings (SSSR count). The van der Waals surface area contributed by atoms with Crippen LogP contribution in [-0.2, 0) is 0 Å². The highest BCUT2D eigenvalue weighted by atomic mass is 15.1. The van der Waals surface area contributed by atoms with E-state index in [0.29, 0.717) is 5.92 Å². The van der Waals surface area contributed by atoms with E-state index in [1.165, 1.54) is 17.8 Å². The number of benzene rings is 1. The summed E-state index contributed by atoms with van der Waals surface area (Å²) in [4.78, 5) is 4.48. The first-order valence-corrected chi connectivity index (χ1v) is 5.28. The van der Waals surface area contributed by atoms with E-state index in [4.69, 9.17) is 0 Å². The molecule has 0 radical (unpaired) electrons. The molecule has 0 saturated heterocycles. The molecule has 1 aliphatic carbocycles. The molecule has 0 unspecified atom stereocenters. The Bertz CT molecular complexity index is 356. The predicted octanol–water partition coefficient (Wildman–Crippen LogP) is 1.79. The molecule has 0 spiro atoms. The van der Waals surface area contributed by atoms with Gasteiger partial charge >= 0.3 is 0 Å². The third-order valence-electron chi connectivity index (χ3n) is 3.07. The van der Waals surface area contributed by atoms with Crippen molar-refractivity contribution < 1.29 is 0 Å². The Morgan fingerprint density at radius 1 is 1.14 bits per heavy atom. The Hall–Kier alpha value is -1.31. The van der Waals surface area contributed by atoms with E-state index in [-0.39, 0.29) is 0 Å². The van der Waals surface area contributed by atoms with Crippen LogP contribution in [0.3, 0.4) is 0 Å². The Labute approximate surface area is 84.1 Å². The third kappa shape index (κ3) is 1.31. The number of amidine groups is 1. The minimum absolute atomic E-state index is 0.680. The van der Waals surface area contributed by atoms with Crippen LogP contribution in [-0.4, -0.2) is 18.9 Å². The van der Waals surface area contributed by atoms with Gasteiger partial charge in [0, 0.05) is 12.5 Å². The minimum atomic E-state index is 0.680. The lowest BCUT2D eigenvalue weighted by atomic mass is 10.1. The lowest BCUT2D eigenvalue weighted by Crippen LogP contribution is -2.20. The van der Waals surface area contributed by atoms with Gasteiger partial charge in [-0.25, -0.2) is 0 Å². The third-order valence-corrected chi connectivity index (χ3v) is 3.07. The van der Waals surface area contributed by atoms with Gasteiger partial charge in [-0.05, 0) is 17.9 Å². The topological polar surface area (TPSA) is 24.4 Å². The molecule has 0 bridgehead atoms. The summed E-state index contributed by atoms with van der Waals surface area (Å²) in [6.07, 6.45) is 1.27. The van der Waals surface area contributed by atoms with Crippen LogP contribution in [0.2, 0.25) is 0 Å². The van der Waals surface area contributed by atoms with Crippen LogP contribution in [0.25, 0.3) is 0 Å². The molecule has 72 valence electrons. The van der Waals surface area contributed by atoms with Crippen LogP contribution < -0.4 is 5.32 Å². The summed E-state index contributed by atoms with van der Waals surface area (Å²) in [5.74, 6) is 2.65. The van der Waals surface area contributed by atoms with E-state index < -0.39 is 0 Å². The van der Waals surface area contributed by atoms with Gasteiger partial charge in [0.05, 0.1) is 6.54 Å². The fourth-order valence-electron chi connectivity index (χ4n) is 2.23. The quantitative estimate of drug-likeness (QED) is 0.748. The van der Waals surface area contributed by atoms with Crippen LogP contribution in [0.1, 0.15) is 17.9 Å². The summed E-state index contributed by atoms with van der Waals surface area (Å²) in [6.45, 7) is 2.00. The molecule has 1 N–H and O–H groups in total. The van der Waals surface area contributed by atoms with Crippen molar-refractivity contribution in [3.8, 4) is 0 Å². The van der Waals surface area contributed by atoms with Gasteiger partial charge in [-0.1, -0.05) is 30.3 Å². The van der Waals surface area contributed by atoms with Crippen LogP contribution in [0.4, 0.5) is 0 Å². The van der Waals surface area contributed by atoms with E-state index in [2.05, 4.69) is 40.6 Å². The van der Waals surface area contributed by atoms with E-state index in [0.717, 1.165) is 19.0 Å². The normalized spacial score (nSPS) is 29.6. The molecule has 1 aromatic carbocycles. The average molecular weight is 186 g/mol. The molecule has 1 heterocycles. The molecule has 2 aliphatic rings. The van der Waals surface area contributed by atoms with Crippen LogP contribution in [0, 0.1) is 5.92 Å². The van der Waals surface area contributed by atoms with Gasteiger partial charge < -0.3 is 5.32 Å². The summed E-state index contributed by atoms with van der Waals surface area (Å²) < 4.78 is 0. The first-order valence-electron chi connectivity index (χ1n) is 5.28. The second-order valence-corrected chi connectivity index (χ2v) is 4.05. The Morgan fingerprint density at radius 2 is 2.00 bits per heavy atom. The SMILES string of the molecule is c1ccc([C@@H]2C[C@H]2C2=NCCN2)cc1. The smallest absolute Gasteiger partial charge is 0.100 e. The maximum absolute atomic E-state index is 4.48. The first kappa shape index (κ1) is 8.04. The number of rotatable bonds is 2. The van der Waals surface area contributed by atoms with Gasteiger partial charge in [-0.15, -0.1) is 0 Å². The van der Waals surface area contributed by atoms with Gasteiger partial charge in [-0.3, -0.25) is 4.99 Å². The van der Waals surface area contributed by atoms with Crippen molar-refractivity contribution in [3.05, 3.63) is 35.9 Å². The highest BCUT2D eigenvalue weighted by Gasteiger charge is 2.42. The number of nitrogens with zero attached hydrogens (tertiary/aromatic N) is 1. The van der Waals surface area contributed by atoms with Crippen molar-refractivity contribution in [2.75, 3.05) is 13.1 Å². The average Bonchev–Trinajstić information content (AvgIpc) is 2.87. The van der Waals surface area contributed by atoms with Crippen molar-refractivity contribution in [2.24, 2.45) is 10.9 Å². The molecule has 0 aromatic heterocycles. The molecule has 0 amide bonds. The Kier molecular flexibility index (Phi) is 1.79.